The van der Waals surface area contributed by atoms with E-state index in [0.29, 0.717) is 11.8 Å². The van der Waals surface area contributed by atoms with Gasteiger partial charge in [-0.15, -0.1) is 0 Å². The highest BCUT2D eigenvalue weighted by atomic mass is 16.7. The van der Waals surface area contributed by atoms with Gasteiger partial charge in [0.05, 0.1) is 19.3 Å². The number of rotatable bonds is 0. The molecule has 3 heteroatoms. The minimum Gasteiger partial charge on any atom is -0.393 e. The van der Waals surface area contributed by atoms with Crippen LogP contribution in [0.5, 0.6) is 0 Å². The van der Waals surface area contributed by atoms with E-state index in [1.54, 1.807) is 0 Å². The number of fused-ring (bicyclic) bond motifs is 1. The summed E-state index contributed by atoms with van der Waals surface area (Å²) in [6, 6.07) is 0. The molecule has 3 unspecified atom stereocenters. The lowest BCUT2D eigenvalue weighted by Crippen LogP contribution is -2.28. The first kappa shape index (κ1) is 8.21. The summed E-state index contributed by atoms with van der Waals surface area (Å²) in [6.07, 6.45) is 3.96. The fourth-order valence-corrected chi connectivity index (χ4v) is 3.26. The van der Waals surface area contributed by atoms with Crippen molar-refractivity contribution in [2.75, 3.05) is 13.2 Å². The van der Waals surface area contributed by atoms with E-state index in [2.05, 4.69) is 0 Å². The first-order chi connectivity index (χ1) is 6.29. The van der Waals surface area contributed by atoms with E-state index in [1.165, 1.54) is 0 Å². The SMILES string of the molecule is OC1CCC2CC3(CC12)OCCO3. The molecule has 1 aliphatic heterocycles. The zero-order valence-electron chi connectivity index (χ0n) is 7.74. The van der Waals surface area contributed by atoms with Crippen LogP contribution < -0.4 is 0 Å². The molecule has 3 rings (SSSR count). The van der Waals surface area contributed by atoms with E-state index in [-0.39, 0.29) is 11.9 Å². The second kappa shape index (κ2) is 2.69. The molecule has 13 heavy (non-hydrogen) atoms. The smallest absolute Gasteiger partial charge is 0.169 e. The summed E-state index contributed by atoms with van der Waals surface area (Å²) in [5, 5.41) is 9.73. The lowest BCUT2D eigenvalue weighted by molar-refractivity contribution is -0.157. The monoisotopic (exact) mass is 184 g/mol. The zero-order valence-corrected chi connectivity index (χ0v) is 7.74. The molecule has 1 heterocycles. The summed E-state index contributed by atoms with van der Waals surface area (Å²) in [5.74, 6) is 0.794. The Morgan fingerprint density at radius 3 is 2.54 bits per heavy atom. The third-order valence-corrected chi connectivity index (χ3v) is 3.87. The molecule has 1 spiro atoms. The molecule has 3 aliphatic rings. The molecular formula is C10H16O3. The summed E-state index contributed by atoms with van der Waals surface area (Å²) >= 11 is 0. The highest BCUT2D eigenvalue weighted by Gasteiger charge is 2.53. The van der Waals surface area contributed by atoms with Crippen LogP contribution in [0.3, 0.4) is 0 Å². The molecule has 0 bridgehead atoms. The van der Waals surface area contributed by atoms with Gasteiger partial charge in [0.25, 0.3) is 0 Å². The molecule has 2 aliphatic carbocycles. The largest absolute Gasteiger partial charge is 0.393 e. The molecule has 74 valence electrons. The maximum Gasteiger partial charge on any atom is 0.169 e. The number of hydrogen-bond donors (Lipinski definition) is 1. The molecule has 1 N–H and O–H groups in total. The maximum atomic E-state index is 9.73. The molecule has 0 amide bonds. The molecule has 2 saturated carbocycles. The first-order valence-corrected chi connectivity index (χ1v) is 5.25. The summed E-state index contributed by atoms with van der Waals surface area (Å²) in [7, 11) is 0. The van der Waals surface area contributed by atoms with Crippen molar-refractivity contribution in [1.82, 2.24) is 0 Å². The van der Waals surface area contributed by atoms with Crippen molar-refractivity contribution in [2.45, 2.75) is 37.6 Å². The third kappa shape index (κ3) is 1.14. The number of ether oxygens (including phenoxy) is 2. The van der Waals surface area contributed by atoms with Crippen molar-refractivity contribution in [3.05, 3.63) is 0 Å². The van der Waals surface area contributed by atoms with Crippen LogP contribution in [0.2, 0.25) is 0 Å². The van der Waals surface area contributed by atoms with Gasteiger partial charge in [0.15, 0.2) is 5.79 Å². The Kier molecular flexibility index (Phi) is 1.70. The van der Waals surface area contributed by atoms with Gasteiger partial charge in [-0.1, -0.05) is 0 Å². The van der Waals surface area contributed by atoms with Crippen molar-refractivity contribution >= 4 is 0 Å². The van der Waals surface area contributed by atoms with Crippen LogP contribution in [-0.4, -0.2) is 30.2 Å². The van der Waals surface area contributed by atoms with Gasteiger partial charge in [-0.3, -0.25) is 0 Å². The van der Waals surface area contributed by atoms with E-state index >= 15 is 0 Å². The van der Waals surface area contributed by atoms with Gasteiger partial charge < -0.3 is 14.6 Å². The minimum atomic E-state index is -0.295. The van der Waals surface area contributed by atoms with Gasteiger partial charge in [0.1, 0.15) is 0 Å². The van der Waals surface area contributed by atoms with Gasteiger partial charge >= 0.3 is 0 Å². The van der Waals surface area contributed by atoms with E-state index in [1.807, 2.05) is 0 Å². The Morgan fingerprint density at radius 2 is 1.85 bits per heavy atom. The Hall–Kier alpha value is -0.120. The fraction of sp³-hybridized carbons (Fsp3) is 1.00. The summed E-state index contributed by atoms with van der Waals surface area (Å²) < 4.78 is 11.3. The highest BCUT2D eigenvalue weighted by Crippen LogP contribution is 2.51. The minimum absolute atomic E-state index is 0.0998. The summed E-state index contributed by atoms with van der Waals surface area (Å²) in [6.45, 7) is 1.46. The van der Waals surface area contributed by atoms with Crippen molar-refractivity contribution < 1.29 is 14.6 Å². The zero-order chi connectivity index (χ0) is 8.89. The summed E-state index contributed by atoms with van der Waals surface area (Å²) in [4.78, 5) is 0. The van der Waals surface area contributed by atoms with Crippen LogP contribution in [0.1, 0.15) is 25.7 Å². The standard InChI is InChI=1S/C10H16O3/c11-9-2-1-7-5-10(6-8(7)9)12-3-4-13-10/h7-9,11H,1-6H2. The van der Waals surface area contributed by atoms with Crippen LogP contribution in [-0.2, 0) is 9.47 Å². The van der Waals surface area contributed by atoms with Gasteiger partial charge in [0, 0.05) is 12.8 Å². The number of hydrogen-bond acceptors (Lipinski definition) is 3. The van der Waals surface area contributed by atoms with E-state index in [4.69, 9.17) is 9.47 Å². The molecule has 1 saturated heterocycles. The van der Waals surface area contributed by atoms with Crippen LogP contribution in [0.4, 0.5) is 0 Å². The predicted molar refractivity (Wildman–Crippen MR) is 46.1 cm³/mol. The third-order valence-electron chi connectivity index (χ3n) is 3.87. The average molecular weight is 184 g/mol. The molecule has 3 fully saturated rings. The molecular weight excluding hydrogens is 168 g/mol. The highest BCUT2D eigenvalue weighted by molar-refractivity contribution is 4.98. The molecule has 0 aromatic rings. The van der Waals surface area contributed by atoms with Crippen LogP contribution in [0.15, 0.2) is 0 Å². The average Bonchev–Trinajstić information content (AvgIpc) is 2.76. The molecule has 3 nitrogen and oxygen atoms in total. The molecule has 0 aromatic heterocycles. The van der Waals surface area contributed by atoms with Gasteiger partial charge in [-0.05, 0) is 24.7 Å². The van der Waals surface area contributed by atoms with Crippen molar-refractivity contribution in [3.8, 4) is 0 Å². The van der Waals surface area contributed by atoms with Gasteiger partial charge in [-0.2, -0.15) is 0 Å². The van der Waals surface area contributed by atoms with Gasteiger partial charge in [0.2, 0.25) is 0 Å². The second-order valence-electron chi connectivity index (χ2n) is 4.58. The number of aliphatic hydroxyl groups is 1. The Bertz CT molecular complexity index is 210. The van der Waals surface area contributed by atoms with Crippen LogP contribution in [0, 0.1) is 11.8 Å². The predicted octanol–water partition coefficient (Wildman–Crippen LogP) is 0.910. The quantitative estimate of drug-likeness (QED) is 0.608. The number of aliphatic hydroxyl groups excluding tert-OH is 1. The Balaban J connectivity index is 1.78. The topological polar surface area (TPSA) is 38.7 Å². The van der Waals surface area contributed by atoms with Crippen molar-refractivity contribution in [2.24, 2.45) is 11.8 Å². The van der Waals surface area contributed by atoms with Crippen LogP contribution >= 0.6 is 0 Å². The normalized spacial score (nSPS) is 47.3. The second-order valence-corrected chi connectivity index (χ2v) is 4.58. The van der Waals surface area contributed by atoms with Crippen molar-refractivity contribution in [1.29, 1.82) is 0 Å². The van der Waals surface area contributed by atoms with Gasteiger partial charge in [-0.25, -0.2) is 0 Å². The molecule has 0 aromatic carbocycles. The fourth-order valence-electron chi connectivity index (χ4n) is 3.26. The van der Waals surface area contributed by atoms with E-state index < -0.39 is 0 Å². The van der Waals surface area contributed by atoms with E-state index in [9.17, 15) is 5.11 Å². The molecule has 3 atom stereocenters. The maximum absolute atomic E-state index is 9.73. The Labute approximate surface area is 78.0 Å². The molecule has 0 radical (unpaired) electrons. The summed E-state index contributed by atoms with van der Waals surface area (Å²) in [5.41, 5.74) is 0. The van der Waals surface area contributed by atoms with Crippen molar-refractivity contribution in [3.63, 3.8) is 0 Å². The first-order valence-electron chi connectivity index (χ1n) is 5.25. The van der Waals surface area contributed by atoms with Crippen LogP contribution in [0.25, 0.3) is 0 Å². The van der Waals surface area contributed by atoms with E-state index in [0.717, 1.165) is 38.9 Å². The lowest BCUT2D eigenvalue weighted by atomic mass is 9.99. The Morgan fingerprint density at radius 1 is 1.08 bits per heavy atom. The lowest BCUT2D eigenvalue weighted by Gasteiger charge is -2.23.